The van der Waals surface area contributed by atoms with Crippen LogP contribution in [-0.4, -0.2) is 62.8 Å². The first kappa shape index (κ1) is 16.0. The Labute approximate surface area is 146 Å². The van der Waals surface area contributed by atoms with Gasteiger partial charge in [-0.1, -0.05) is 0 Å². The monoisotopic (exact) mass is 342 g/mol. The molecule has 1 aromatic heterocycles. The van der Waals surface area contributed by atoms with Gasteiger partial charge >= 0.3 is 0 Å². The van der Waals surface area contributed by atoms with Crippen molar-refractivity contribution in [2.45, 2.75) is 31.9 Å². The van der Waals surface area contributed by atoms with Crippen LogP contribution in [0.15, 0.2) is 30.6 Å². The molecule has 1 N–H and O–H groups in total. The second-order valence-corrected chi connectivity index (χ2v) is 6.76. The molecule has 5 rings (SSSR count). The molecule has 3 aliphatic rings. The van der Waals surface area contributed by atoms with Crippen LogP contribution in [0, 0.1) is 5.92 Å². The van der Waals surface area contributed by atoms with Crippen LogP contribution in [0.5, 0.6) is 5.75 Å². The van der Waals surface area contributed by atoms with Gasteiger partial charge in [0.25, 0.3) is 5.91 Å². The number of piperidine rings is 3. The van der Waals surface area contributed by atoms with Gasteiger partial charge in [0.05, 0.1) is 5.69 Å². The first-order valence-corrected chi connectivity index (χ1v) is 8.72. The van der Waals surface area contributed by atoms with E-state index in [1.165, 1.54) is 19.2 Å². The van der Waals surface area contributed by atoms with Crippen molar-refractivity contribution in [1.82, 2.24) is 30.4 Å². The van der Waals surface area contributed by atoms with Crippen molar-refractivity contribution in [1.29, 1.82) is 0 Å². The lowest BCUT2D eigenvalue weighted by molar-refractivity contribution is -0.129. The molecule has 1 aromatic carbocycles. The predicted molar refractivity (Wildman–Crippen MR) is 90.3 cm³/mol. The first-order valence-electron chi connectivity index (χ1n) is 8.72. The number of amides is 1. The normalized spacial score (nSPS) is 26.2. The second-order valence-electron chi connectivity index (χ2n) is 6.76. The first-order chi connectivity index (χ1) is 12.2. The molecule has 1 amide bonds. The van der Waals surface area contributed by atoms with Gasteiger partial charge in [-0.15, -0.1) is 5.10 Å². The molecule has 8 heteroatoms. The van der Waals surface area contributed by atoms with E-state index in [-0.39, 0.29) is 11.9 Å². The summed E-state index contributed by atoms with van der Waals surface area (Å²) >= 11 is 0. The third-order valence-electron chi connectivity index (χ3n) is 5.12. The number of nitrogens with one attached hydrogen (secondary N) is 1. The summed E-state index contributed by atoms with van der Waals surface area (Å²) < 4.78 is 7.35. The van der Waals surface area contributed by atoms with Gasteiger partial charge < -0.3 is 15.0 Å². The van der Waals surface area contributed by atoms with Gasteiger partial charge in [-0.05, 0) is 73.5 Å². The lowest BCUT2D eigenvalue weighted by Gasteiger charge is -2.45. The molecule has 8 nitrogen and oxygen atoms in total. The van der Waals surface area contributed by atoms with Gasteiger partial charge in [0.1, 0.15) is 12.1 Å². The Morgan fingerprint density at radius 1 is 1.28 bits per heavy atom. The van der Waals surface area contributed by atoms with Crippen LogP contribution in [0.4, 0.5) is 0 Å². The predicted octanol–water partition coefficient (Wildman–Crippen LogP) is 0.640. The molecule has 2 bridgehead atoms. The van der Waals surface area contributed by atoms with Crippen molar-refractivity contribution in [3.8, 4) is 11.4 Å². The van der Waals surface area contributed by atoms with Crippen molar-refractivity contribution in [3.05, 3.63) is 30.6 Å². The van der Waals surface area contributed by atoms with E-state index in [9.17, 15) is 4.79 Å². The zero-order valence-electron chi connectivity index (χ0n) is 14.2. The van der Waals surface area contributed by atoms with E-state index in [1.54, 1.807) is 11.6 Å². The molecule has 3 saturated heterocycles. The molecule has 25 heavy (non-hydrogen) atoms. The summed E-state index contributed by atoms with van der Waals surface area (Å²) in [6, 6.07) is 7.58. The number of benzene rings is 1. The number of tetrazole rings is 1. The zero-order chi connectivity index (χ0) is 17.2. The summed E-state index contributed by atoms with van der Waals surface area (Å²) in [7, 11) is 0. The average Bonchev–Trinajstić information content (AvgIpc) is 3.18. The molecule has 0 spiro atoms. The molecule has 3 aliphatic heterocycles. The molecule has 132 valence electrons. The van der Waals surface area contributed by atoms with E-state index in [0.717, 1.165) is 25.3 Å². The van der Waals surface area contributed by atoms with E-state index < -0.39 is 6.10 Å². The fourth-order valence-corrected chi connectivity index (χ4v) is 3.64. The highest BCUT2D eigenvalue weighted by Crippen LogP contribution is 2.27. The van der Waals surface area contributed by atoms with E-state index in [4.69, 9.17) is 4.74 Å². The van der Waals surface area contributed by atoms with Gasteiger partial charge in [-0.2, -0.15) is 0 Å². The van der Waals surface area contributed by atoms with Gasteiger partial charge in [0, 0.05) is 12.6 Å². The van der Waals surface area contributed by atoms with Crippen LogP contribution in [-0.2, 0) is 4.79 Å². The van der Waals surface area contributed by atoms with E-state index >= 15 is 0 Å². The maximum absolute atomic E-state index is 12.5. The Hall–Kier alpha value is -2.48. The highest BCUT2D eigenvalue weighted by atomic mass is 16.5. The van der Waals surface area contributed by atoms with Crippen LogP contribution >= 0.6 is 0 Å². The lowest BCUT2D eigenvalue weighted by atomic mass is 9.84. The van der Waals surface area contributed by atoms with Crippen molar-refractivity contribution >= 4 is 5.91 Å². The molecule has 0 saturated carbocycles. The standard InChI is InChI=1S/C17H22N6O2/c1-12(17(24)19-16-10-22-8-6-13(16)7-9-22)25-15-4-2-14(3-5-15)23-11-18-20-21-23/h2-5,11-13,16H,6-10H2,1H3,(H,19,24). The Kier molecular flexibility index (Phi) is 4.35. The smallest absolute Gasteiger partial charge is 0.261 e. The van der Waals surface area contributed by atoms with Crippen LogP contribution in [0.1, 0.15) is 19.8 Å². The van der Waals surface area contributed by atoms with Gasteiger partial charge in [-0.3, -0.25) is 4.79 Å². The minimum Gasteiger partial charge on any atom is -0.481 e. The summed E-state index contributed by atoms with van der Waals surface area (Å²) in [5, 5.41) is 14.2. The Balaban J connectivity index is 1.33. The summed E-state index contributed by atoms with van der Waals surface area (Å²) in [6.07, 6.45) is 3.35. The summed E-state index contributed by atoms with van der Waals surface area (Å²) in [5.41, 5.74) is 0.835. The quantitative estimate of drug-likeness (QED) is 0.858. The molecule has 0 aliphatic carbocycles. The Morgan fingerprint density at radius 2 is 2.04 bits per heavy atom. The number of fused-ring (bicyclic) bond motifs is 3. The minimum absolute atomic E-state index is 0.0525. The molecular formula is C17H22N6O2. The van der Waals surface area contributed by atoms with Gasteiger partial charge in [-0.25, -0.2) is 4.68 Å². The van der Waals surface area contributed by atoms with E-state index in [2.05, 4.69) is 25.7 Å². The van der Waals surface area contributed by atoms with Crippen LogP contribution in [0.2, 0.25) is 0 Å². The largest absolute Gasteiger partial charge is 0.481 e. The number of hydrogen-bond donors (Lipinski definition) is 1. The number of carbonyl (C=O) groups excluding carboxylic acids is 1. The van der Waals surface area contributed by atoms with Gasteiger partial charge in [0.2, 0.25) is 0 Å². The van der Waals surface area contributed by atoms with Crippen LogP contribution in [0.3, 0.4) is 0 Å². The number of ether oxygens (including phenoxy) is 1. The summed E-state index contributed by atoms with van der Waals surface area (Å²) in [6.45, 7) is 5.07. The van der Waals surface area contributed by atoms with E-state index in [1.807, 2.05) is 24.3 Å². The summed E-state index contributed by atoms with van der Waals surface area (Å²) in [5.74, 6) is 1.20. The summed E-state index contributed by atoms with van der Waals surface area (Å²) in [4.78, 5) is 14.9. The maximum atomic E-state index is 12.5. The molecule has 2 atom stereocenters. The highest BCUT2D eigenvalue weighted by molar-refractivity contribution is 5.81. The highest BCUT2D eigenvalue weighted by Gasteiger charge is 2.35. The van der Waals surface area contributed by atoms with Crippen LogP contribution < -0.4 is 10.1 Å². The fraction of sp³-hybridized carbons (Fsp3) is 0.529. The second kappa shape index (κ2) is 6.79. The minimum atomic E-state index is -0.533. The van der Waals surface area contributed by atoms with Gasteiger partial charge in [0.15, 0.2) is 6.10 Å². The number of carbonyl (C=O) groups is 1. The zero-order valence-corrected chi connectivity index (χ0v) is 14.2. The molecule has 0 radical (unpaired) electrons. The van der Waals surface area contributed by atoms with E-state index in [0.29, 0.717) is 11.7 Å². The number of aromatic nitrogens is 4. The third kappa shape index (κ3) is 3.48. The SMILES string of the molecule is CC(Oc1ccc(-n2cnnn2)cc1)C(=O)NC1CN2CCC1CC2. The van der Waals surface area contributed by atoms with Crippen molar-refractivity contribution in [2.75, 3.05) is 19.6 Å². The third-order valence-corrected chi connectivity index (χ3v) is 5.12. The lowest BCUT2D eigenvalue weighted by Crippen LogP contribution is -2.58. The topological polar surface area (TPSA) is 85.2 Å². The average molecular weight is 342 g/mol. The maximum Gasteiger partial charge on any atom is 0.261 e. The Bertz CT molecular complexity index is 709. The van der Waals surface area contributed by atoms with Crippen LogP contribution in [0.25, 0.3) is 5.69 Å². The Morgan fingerprint density at radius 3 is 2.64 bits per heavy atom. The molecule has 3 fully saturated rings. The number of nitrogens with zero attached hydrogens (tertiary/aromatic N) is 5. The van der Waals surface area contributed by atoms with Crippen molar-refractivity contribution in [3.63, 3.8) is 0 Å². The molecular weight excluding hydrogens is 320 g/mol. The molecule has 2 unspecified atom stereocenters. The van der Waals surface area contributed by atoms with Crippen molar-refractivity contribution < 1.29 is 9.53 Å². The number of rotatable bonds is 5. The molecule has 4 heterocycles. The molecule has 2 aromatic rings. The fourth-order valence-electron chi connectivity index (χ4n) is 3.64. The number of hydrogen-bond acceptors (Lipinski definition) is 6. The van der Waals surface area contributed by atoms with Crippen molar-refractivity contribution in [2.24, 2.45) is 5.92 Å².